The number of hydrogen-bond acceptors (Lipinski definition) is 3. The summed E-state index contributed by atoms with van der Waals surface area (Å²) in [5.74, 6) is -1.28. The number of aliphatic carboxylic acids is 1. The molecule has 0 bridgehead atoms. The van der Waals surface area contributed by atoms with Crippen molar-refractivity contribution >= 4 is 11.9 Å². The summed E-state index contributed by atoms with van der Waals surface area (Å²) >= 11 is 0. The lowest BCUT2D eigenvalue weighted by molar-refractivity contribution is -0.142. The summed E-state index contributed by atoms with van der Waals surface area (Å²) in [6, 6.07) is 0. The monoisotopic (exact) mass is 243 g/mol. The number of carboxylic acid groups (broad SMARTS) is 1. The van der Waals surface area contributed by atoms with Crippen LogP contribution in [-0.2, 0) is 14.3 Å². The van der Waals surface area contributed by atoms with Crippen molar-refractivity contribution in [2.45, 2.75) is 32.8 Å². The maximum absolute atomic E-state index is 12.0. The number of ether oxygens (including phenoxy) is 1. The minimum absolute atomic E-state index is 0.0158. The summed E-state index contributed by atoms with van der Waals surface area (Å²) in [5, 5.41) is 9.00. The minimum Gasteiger partial charge on any atom is -0.481 e. The van der Waals surface area contributed by atoms with Crippen molar-refractivity contribution in [1.82, 2.24) is 4.90 Å². The van der Waals surface area contributed by atoms with Crippen LogP contribution in [0.4, 0.5) is 0 Å². The molecule has 98 valence electrons. The van der Waals surface area contributed by atoms with Gasteiger partial charge in [0, 0.05) is 20.2 Å². The van der Waals surface area contributed by atoms with E-state index in [2.05, 4.69) is 0 Å². The Morgan fingerprint density at radius 2 is 2.00 bits per heavy atom. The Bertz CT molecular complexity index is 314. The number of likely N-dealkylation sites (tertiary alicyclic amines) is 1. The molecular weight excluding hydrogens is 222 g/mol. The highest BCUT2D eigenvalue weighted by molar-refractivity contribution is 5.79. The SMILES string of the molecule is COC(C)(C)CC(=O)N1CC(C)C(C(=O)O)C1. The van der Waals surface area contributed by atoms with Crippen molar-refractivity contribution in [2.75, 3.05) is 20.2 Å². The molecule has 0 saturated carbocycles. The molecule has 0 radical (unpaired) electrons. The largest absolute Gasteiger partial charge is 0.481 e. The summed E-state index contributed by atoms with van der Waals surface area (Å²) < 4.78 is 5.21. The van der Waals surface area contributed by atoms with Crippen LogP contribution >= 0.6 is 0 Å². The van der Waals surface area contributed by atoms with Gasteiger partial charge in [0.1, 0.15) is 0 Å². The van der Waals surface area contributed by atoms with Crippen LogP contribution in [0.15, 0.2) is 0 Å². The Morgan fingerprint density at radius 1 is 1.41 bits per heavy atom. The van der Waals surface area contributed by atoms with Crippen LogP contribution in [0.2, 0.25) is 0 Å². The molecule has 17 heavy (non-hydrogen) atoms. The van der Waals surface area contributed by atoms with Crippen LogP contribution < -0.4 is 0 Å². The molecule has 0 aromatic carbocycles. The fourth-order valence-electron chi connectivity index (χ4n) is 2.04. The number of amides is 1. The van der Waals surface area contributed by atoms with Crippen LogP contribution in [0.3, 0.4) is 0 Å². The lowest BCUT2D eigenvalue weighted by Gasteiger charge is -2.25. The van der Waals surface area contributed by atoms with Gasteiger partial charge in [-0.2, -0.15) is 0 Å². The van der Waals surface area contributed by atoms with Crippen LogP contribution in [0.1, 0.15) is 27.2 Å². The average molecular weight is 243 g/mol. The lowest BCUT2D eigenvalue weighted by atomic mass is 9.99. The molecule has 0 spiro atoms. The van der Waals surface area contributed by atoms with Gasteiger partial charge in [-0.3, -0.25) is 9.59 Å². The normalized spacial score (nSPS) is 25.1. The van der Waals surface area contributed by atoms with Crippen LogP contribution in [0, 0.1) is 11.8 Å². The van der Waals surface area contributed by atoms with Gasteiger partial charge >= 0.3 is 5.97 Å². The lowest BCUT2D eigenvalue weighted by Crippen LogP contribution is -2.36. The fourth-order valence-corrected chi connectivity index (χ4v) is 2.04. The van der Waals surface area contributed by atoms with Gasteiger partial charge < -0.3 is 14.7 Å². The van der Waals surface area contributed by atoms with E-state index in [0.717, 1.165) is 0 Å². The molecular formula is C12H21NO4. The second kappa shape index (κ2) is 5.04. The number of hydrogen-bond donors (Lipinski definition) is 1. The highest BCUT2D eigenvalue weighted by Crippen LogP contribution is 2.25. The number of carbonyl (C=O) groups is 2. The van der Waals surface area contributed by atoms with E-state index in [0.29, 0.717) is 13.1 Å². The van der Waals surface area contributed by atoms with Crippen molar-refractivity contribution in [3.63, 3.8) is 0 Å². The highest BCUT2D eigenvalue weighted by Gasteiger charge is 2.38. The van der Waals surface area contributed by atoms with E-state index in [1.165, 1.54) is 0 Å². The topological polar surface area (TPSA) is 66.8 Å². The maximum Gasteiger partial charge on any atom is 0.308 e. The second-order valence-electron chi connectivity index (χ2n) is 5.36. The molecule has 5 heteroatoms. The molecule has 2 unspecified atom stereocenters. The zero-order valence-corrected chi connectivity index (χ0v) is 10.9. The van der Waals surface area contributed by atoms with Gasteiger partial charge in [0.2, 0.25) is 5.91 Å². The van der Waals surface area contributed by atoms with Crippen molar-refractivity contribution in [1.29, 1.82) is 0 Å². The number of methoxy groups -OCH3 is 1. The summed E-state index contributed by atoms with van der Waals surface area (Å²) in [4.78, 5) is 24.6. The number of rotatable bonds is 4. The van der Waals surface area contributed by atoms with E-state index in [1.54, 1.807) is 12.0 Å². The van der Waals surface area contributed by atoms with Gasteiger partial charge in [0.05, 0.1) is 17.9 Å². The van der Waals surface area contributed by atoms with E-state index in [1.807, 2.05) is 20.8 Å². The van der Waals surface area contributed by atoms with Crippen molar-refractivity contribution in [3.05, 3.63) is 0 Å². The van der Waals surface area contributed by atoms with Gasteiger partial charge in [-0.25, -0.2) is 0 Å². The quantitative estimate of drug-likeness (QED) is 0.799. The van der Waals surface area contributed by atoms with Gasteiger partial charge in [0.25, 0.3) is 0 Å². The van der Waals surface area contributed by atoms with Gasteiger partial charge in [-0.15, -0.1) is 0 Å². The van der Waals surface area contributed by atoms with Gasteiger partial charge in [0.15, 0.2) is 0 Å². The molecule has 2 atom stereocenters. The fraction of sp³-hybridized carbons (Fsp3) is 0.833. The molecule has 1 rings (SSSR count). The highest BCUT2D eigenvalue weighted by atomic mass is 16.5. The zero-order valence-electron chi connectivity index (χ0n) is 10.9. The second-order valence-corrected chi connectivity index (χ2v) is 5.36. The molecule has 0 aromatic rings. The summed E-state index contributed by atoms with van der Waals surface area (Å²) in [6.45, 7) is 6.40. The van der Waals surface area contributed by atoms with E-state index in [9.17, 15) is 9.59 Å². The van der Waals surface area contributed by atoms with Crippen LogP contribution in [-0.4, -0.2) is 47.7 Å². The Hall–Kier alpha value is -1.10. The Kier molecular flexibility index (Phi) is 4.14. The van der Waals surface area contributed by atoms with Gasteiger partial charge in [-0.1, -0.05) is 6.92 Å². The molecule has 1 heterocycles. The predicted octanol–water partition coefficient (Wildman–Crippen LogP) is 0.981. The first-order chi connectivity index (χ1) is 7.76. The van der Waals surface area contributed by atoms with Crippen LogP contribution in [0.25, 0.3) is 0 Å². The van der Waals surface area contributed by atoms with E-state index in [4.69, 9.17) is 9.84 Å². The molecule has 1 saturated heterocycles. The van der Waals surface area contributed by atoms with Crippen molar-refractivity contribution < 1.29 is 19.4 Å². The average Bonchev–Trinajstić information content (AvgIpc) is 2.60. The molecule has 0 aliphatic carbocycles. The zero-order chi connectivity index (χ0) is 13.2. The number of carbonyl (C=O) groups excluding carboxylic acids is 1. The summed E-state index contributed by atoms with van der Waals surface area (Å²) in [7, 11) is 1.57. The Balaban J connectivity index is 2.59. The molecule has 1 amide bonds. The molecule has 5 nitrogen and oxygen atoms in total. The number of carboxylic acids is 1. The minimum atomic E-state index is -0.821. The molecule has 1 aliphatic heterocycles. The molecule has 1 fully saturated rings. The third-order valence-electron chi connectivity index (χ3n) is 3.41. The first kappa shape index (κ1) is 14.0. The Labute approximate surface area is 102 Å². The summed E-state index contributed by atoms with van der Waals surface area (Å²) in [5.41, 5.74) is -0.498. The van der Waals surface area contributed by atoms with E-state index < -0.39 is 17.5 Å². The Morgan fingerprint density at radius 3 is 2.41 bits per heavy atom. The summed E-state index contributed by atoms with van der Waals surface area (Å²) in [6.07, 6.45) is 0.280. The third-order valence-corrected chi connectivity index (χ3v) is 3.41. The van der Waals surface area contributed by atoms with Crippen molar-refractivity contribution in [2.24, 2.45) is 11.8 Å². The van der Waals surface area contributed by atoms with Crippen LogP contribution in [0.5, 0.6) is 0 Å². The third kappa shape index (κ3) is 3.43. The van der Waals surface area contributed by atoms with E-state index >= 15 is 0 Å². The molecule has 0 aromatic heterocycles. The van der Waals surface area contributed by atoms with E-state index in [-0.39, 0.29) is 18.2 Å². The van der Waals surface area contributed by atoms with Crippen molar-refractivity contribution in [3.8, 4) is 0 Å². The molecule has 1 aliphatic rings. The smallest absolute Gasteiger partial charge is 0.308 e. The first-order valence-electron chi connectivity index (χ1n) is 5.82. The molecule has 1 N–H and O–H groups in total. The standard InChI is InChI=1S/C12H21NO4/c1-8-6-13(7-9(8)11(15)16)10(14)5-12(2,3)17-4/h8-9H,5-7H2,1-4H3,(H,15,16). The maximum atomic E-state index is 12.0. The van der Waals surface area contributed by atoms with Gasteiger partial charge in [-0.05, 0) is 19.8 Å². The predicted molar refractivity (Wildman–Crippen MR) is 62.6 cm³/mol. The first-order valence-corrected chi connectivity index (χ1v) is 5.82. The number of nitrogens with zero attached hydrogens (tertiary/aromatic N) is 1.